The highest BCUT2D eigenvalue weighted by molar-refractivity contribution is 6.19. The van der Waals surface area contributed by atoms with Gasteiger partial charge in [0, 0.05) is 50.3 Å². The Bertz CT molecular complexity index is 3250. The maximum Gasteiger partial charge on any atom is 0.143 e. The van der Waals surface area contributed by atoms with Crippen LogP contribution in [-0.4, -0.2) is 0 Å². The Morgan fingerprint density at radius 1 is 0.379 bits per heavy atom. The van der Waals surface area contributed by atoms with Crippen molar-refractivity contribution in [1.82, 2.24) is 0 Å². The van der Waals surface area contributed by atoms with Crippen molar-refractivity contribution in [3.05, 3.63) is 198 Å². The lowest BCUT2D eigenvalue weighted by Gasteiger charge is -2.29. The van der Waals surface area contributed by atoms with Crippen LogP contribution in [0.25, 0.3) is 76.9 Å². The third kappa shape index (κ3) is 4.60. The second kappa shape index (κ2) is 11.8. The maximum atomic E-state index is 7.09. The predicted molar refractivity (Wildman–Crippen MR) is 244 cm³/mol. The number of fused-ring (bicyclic) bond motifs is 11. The van der Waals surface area contributed by atoms with Gasteiger partial charge in [-0.15, -0.1) is 0 Å². The van der Waals surface area contributed by atoms with Crippen LogP contribution in [0.4, 0.5) is 17.1 Å². The largest absolute Gasteiger partial charge is 0.455 e. The minimum Gasteiger partial charge on any atom is -0.455 e. The quantitative estimate of drug-likeness (QED) is 0.178. The van der Waals surface area contributed by atoms with Gasteiger partial charge in [-0.25, -0.2) is 0 Å². The van der Waals surface area contributed by atoms with E-state index in [2.05, 4.69) is 209 Å². The van der Waals surface area contributed by atoms with Crippen LogP contribution in [0.15, 0.2) is 180 Å². The van der Waals surface area contributed by atoms with E-state index in [1.165, 1.54) is 66.1 Å². The molecule has 276 valence electrons. The maximum absolute atomic E-state index is 7.09. The van der Waals surface area contributed by atoms with Crippen LogP contribution in [0.2, 0.25) is 0 Å². The van der Waals surface area contributed by atoms with Crippen molar-refractivity contribution < 1.29 is 4.42 Å². The Kier molecular flexibility index (Phi) is 6.78. The SMILES string of the molecule is CC1(C)c2ccccc2-c2ccc(N(c3ccc4c(c3)C(C)(C)c3ccccc3-4)c3ccc4c(c3)oc3c(-c5ccc6ccccc6c5)c5ccccc5cc34)cc21. The monoisotopic (exact) mass is 743 g/mol. The normalized spacial score (nSPS) is 14.5. The standard InChI is InChI=1S/C56H41NO/c1-55(2)48-19-11-9-17-42(48)44-26-23-38(31-50(44)55)57(39-24-27-45-43-18-10-12-20-49(43)56(3,4)51(45)32-39)40-25-28-46-47-30-36-15-7-8-16-41(36)53(54(47)58-52(46)33-40)37-22-21-34-13-5-6-14-35(34)29-37/h5-33H,1-4H3. The van der Waals surface area contributed by atoms with Crippen LogP contribution < -0.4 is 4.90 Å². The summed E-state index contributed by atoms with van der Waals surface area (Å²) in [6.45, 7) is 9.44. The minimum atomic E-state index is -0.126. The highest BCUT2D eigenvalue weighted by Gasteiger charge is 2.37. The summed E-state index contributed by atoms with van der Waals surface area (Å²) >= 11 is 0. The molecule has 2 aliphatic rings. The highest BCUT2D eigenvalue weighted by atomic mass is 16.3. The van der Waals surface area contributed by atoms with E-state index in [4.69, 9.17) is 4.42 Å². The average molecular weight is 744 g/mol. The first-order chi connectivity index (χ1) is 28.3. The van der Waals surface area contributed by atoms with Crippen LogP contribution in [0.1, 0.15) is 49.9 Å². The van der Waals surface area contributed by atoms with Crippen LogP contribution in [0.3, 0.4) is 0 Å². The summed E-state index contributed by atoms with van der Waals surface area (Å²) in [5.41, 5.74) is 17.9. The molecule has 12 rings (SSSR count). The van der Waals surface area contributed by atoms with Crippen molar-refractivity contribution in [3.8, 4) is 33.4 Å². The molecule has 0 radical (unpaired) electrons. The lowest BCUT2D eigenvalue weighted by Crippen LogP contribution is -2.18. The molecule has 2 aliphatic carbocycles. The topological polar surface area (TPSA) is 16.4 Å². The average Bonchev–Trinajstić information content (AvgIpc) is 3.81. The van der Waals surface area contributed by atoms with Crippen LogP contribution in [0.5, 0.6) is 0 Å². The summed E-state index contributed by atoms with van der Waals surface area (Å²) in [6, 6.07) is 65.0. The number of benzene rings is 9. The number of anilines is 3. The zero-order valence-electron chi connectivity index (χ0n) is 33.1. The molecule has 0 aliphatic heterocycles. The summed E-state index contributed by atoms with van der Waals surface area (Å²) in [7, 11) is 0. The Hall–Kier alpha value is -6.90. The number of hydrogen-bond acceptors (Lipinski definition) is 2. The fourth-order valence-corrected chi connectivity index (χ4v) is 10.4. The molecule has 10 aromatic rings. The molecule has 58 heavy (non-hydrogen) atoms. The molecular formula is C56H41NO. The summed E-state index contributed by atoms with van der Waals surface area (Å²) in [6.07, 6.45) is 0. The Morgan fingerprint density at radius 3 is 1.59 bits per heavy atom. The molecule has 0 amide bonds. The summed E-state index contributed by atoms with van der Waals surface area (Å²) < 4.78 is 7.09. The van der Waals surface area contributed by atoms with Crippen molar-refractivity contribution in [2.24, 2.45) is 0 Å². The second-order valence-electron chi connectivity index (χ2n) is 17.3. The Morgan fingerprint density at radius 2 is 0.914 bits per heavy atom. The molecule has 0 atom stereocenters. The first-order valence-electron chi connectivity index (χ1n) is 20.4. The first kappa shape index (κ1) is 33.3. The van der Waals surface area contributed by atoms with E-state index < -0.39 is 0 Å². The predicted octanol–water partition coefficient (Wildman–Crippen LogP) is 15.6. The van der Waals surface area contributed by atoms with E-state index in [9.17, 15) is 0 Å². The molecule has 0 fully saturated rings. The molecule has 2 heteroatoms. The Labute approximate surface area is 338 Å². The van der Waals surface area contributed by atoms with E-state index >= 15 is 0 Å². The van der Waals surface area contributed by atoms with Gasteiger partial charge in [0.1, 0.15) is 11.2 Å². The Balaban J connectivity index is 1.08. The molecule has 9 aromatic carbocycles. The molecule has 0 saturated carbocycles. The first-order valence-corrected chi connectivity index (χ1v) is 20.4. The minimum absolute atomic E-state index is 0.126. The molecule has 0 N–H and O–H groups in total. The molecule has 0 unspecified atom stereocenters. The van der Waals surface area contributed by atoms with Gasteiger partial charge in [-0.05, 0) is 120 Å². The van der Waals surface area contributed by atoms with Gasteiger partial charge in [0.25, 0.3) is 0 Å². The van der Waals surface area contributed by atoms with Gasteiger partial charge in [-0.2, -0.15) is 0 Å². The number of furan rings is 1. The van der Waals surface area contributed by atoms with Crippen molar-refractivity contribution in [2.75, 3.05) is 4.90 Å². The van der Waals surface area contributed by atoms with E-state index in [1.807, 2.05) is 0 Å². The number of rotatable bonds is 4. The second-order valence-corrected chi connectivity index (χ2v) is 17.3. The van der Waals surface area contributed by atoms with Crippen LogP contribution >= 0.6 is 0 Å². The zero-order chi connectivity index (χ0) is 38.9. The van der Waals surface area contributed by atoms with Gasteiger partial charge in [-0.3, -0.25) is 0 Å². The lowest BCUT2D eigenvalue weighted by molar-refractivity contribution is 0.660. The number of nitrogens with zero attached hydrogens (tertiary/aromatic N) is 1. The van der Waals surface area contributed by atoms with Crippen molar-refractivity contribution in [1.29, 1.82) is 0 Å². The highest BCUT2D eigenvalue weighted by Crippen LogP contribution is 2.53. The van der Waals surface area contributed by atoms with Crippen molar-refractivity contribution in [3.63, 3.8) is 0 Å². The van der Waals surface area contributed by atoms with Gasteiger partial charge in [-0.1, -0.05) is 149 Å². The lowest BCUT2D eigenvalue weighted by atomic mass is 9.82. The summed E-state index contributed by atoms with van der Waals surface area (Å²) in [5.74, 6) is 0. The van der Waals surface area contributed by atoms with Crippen LogP contribution in [-0.2, 0) is 10.8 Å². The fourth-order valence-electron chi connectivity index (χ4n) is 10.4. The molecule has 1 heterocycles. The van der Waals surface area contributed by atoms with Gasteiger partial charge >= 0.3 is 0 Å². The van der Waals surface area contributed by atoms with Crippen molar-refractivity contribution in [2.45, 2.75) is 38.5 Å². The molecule has 0 saturated heterocycles. The van der Waals surface area contributed by atoms with Gasteiger partial charge in [0.05, 0.1) is 0 Å². The van der Waals surface area contributed by atoms with E-state index in [-0.39, 0.29) is 10.8 Å². The molecule has 2 nitrogen and oxygen atoms in total. The molecule has 0 spiro atoms. The molecular weight excluding hydrogens is 703 g/mol. The smallest absolute Gasteiger partial charge is 0.143 e. The number of hydrogen-bond donors (Lipinski definition) is 0. The van der Waals surface area contributed by atoms with Crippen molar-refractivity contribution >= 4 is 60.5 Å². The molecule has 0 bridgehead atoms. The van der Waals surface area contributed by atoms with Gasteiger partial charge in [0.15, 0.2) is 0 Å². The van der Waals surface area contributed by atoms with E-state index in [0.29, 0.717) is 0 Å². The van der Waals surface area contributed by atoms with Crippen LogP contribution in [0, 0.1) is 0 Å². The van der Waals surface area contributed by atoms with E-state index in [1.54, 1.807) is 0 Å². The zero-order valence-corrected chi connectivity index (χ0v) is 33.1. The summed E-state index contributed by atoms with van der Waals surface area (Å²) in [4.78, 5) is 2.44. The van der Waals surface area contributed by atoms with E-state index in [0.717, 1.165) is 50.1 Å². The third-order valence-electron chi connectivity index (χ3n) is 13.4. The molecule has 1 aromatic heterocycles. The third-order valence-corrected chi connectivity index (χ3v) is 13.4. The van der Waals surface area contributed by atoms with Gasteiger partial charge in [0.2, 0.25) is 0 Å². The van der Waals surface area contributed by atoms with Gasteiger partial charge < -0.3 is 9.32 Å². The summed E-state index contributed by atoms with van der Waals surface area (Å²) in [5, 5.41) is 7.09. The fraction of sp³-hybridized carbons (Fsp3) is 0.107.